The second-order valence-electron chi connectivity index (χ2n) is 11.6. The van der Waals surface area contributed by atoms with Crippen molar-refractivity contribution in [1.82, 2.24) is 5.32 Å². The number of aliphatic hydroxyl groups is 1. The standard InChI is InChI=1S/C34H57NO7/c1-4-5-6-7-8-9-10-11-12-13-14-15-16-17-21-24-31(37)40-27-30(25-36)42-33(38)32(28(2)3)35-34(39)41-26-29-22-19-18-20-23-29/h18-20,22-23,28,30,32,36H,4-17,21,24-27H2,1-3H3,(H,35,39)/t30?,32-/m0/s1. The van der Waals surface area contributed by atoms with Gasteiger partial charge < -0.3 is 24.6 Å². The number of alkyl carbamates (subject to hydrolysis) is 1. The van der Waals surface area contributed by atoms with Gasteiger partial charge in [0.1, 0.15) is 19.3 Å². The van der Waals surface area contributed by atoms with E-state index < -0.39 is 30.8 Å². The number of amides is 1. The van der Waals surface area contributed by atoms with E-state index >= 15 is 0 Å². The lowest BCUT2D eigenvalue weighted by molar-refractivity contribution is -0.163. The van der Waals surface area contributed by atoms with Crippen molar-refractivity contribution in [1.29, 1.82) is 0 Å². The first-order valence-corrected chi connectivity index (χ1v) is 16.3. The zero-order valence-electron chi connectivity index (χ0n) is 26.5. The van der Waals surface area contributed by atoms with E-state index in [-0.39, 0.29) is 25.1 Å². The number of ether oxygens (including phenoxy) is 3. The third kappa shape index (κ3) is 19.5. The van der Waals surface area contributed by atoms with Gasteiger partial charge in [-0.2, -0.15) is 0 Å². The largest absolute Gasteiger partial charge is 0.462 e. The Kier molecular flexibility index (Phi) is 22.2. The first-order valence-electron chi connectivity index (χ1n) is 16.3. The highest BCUT2D eigenvalue weighted by atomic mass is 16.6. The number of hydrogen-bond donors (Lipinski definition) is 2. The van der Waals surface area contributed by atoms with Crippen LogP contribution in [0.1, 0.15) is 129 Å². The van der Waals surface area contributed by atoms with Crippen molar-refractivity contribution in [2.24, 2.45) is 5.92 Å². The fourth-order valence-electron chi connectivity index (χ4n) is 4.65. The molecule has 1 rings (SSSR count). The summed E-state index contributed by atoms with van der Waals surface area (Å²) in [5.41, 5.74) is 0.822. The minimum Gasteiger partial charge on any atom is -0.462 e. The number of aliphatic hydroxyl groups excluding tert-OH is 1. The maximum absolute atomic E-state index is 12.7. The molecule has 1 aromatic carbocycles. The average Bonchev–Trinajstić information content (AvgIpc) is 2.99. The summed E-state index contributed by atoms with van der Waals surface area (Å²) in [6, 6.07) is 8.23. The van der Waals surface area contributed by atoms with Crippen molar-refractivity contribution in [3.63, 3.8) is 0 Å². The Morgan fingerprint density at radius 3 is 1.79 bits per heavy atom. The monoisotopic (exact) mass is 591 g/mol. The van der Waals surface area contributed by atoms with E-state index in [1.807, 2.05) is 30.3 Å². The fraction of sp³-hybridized carbons (Fsp3) is 0.735. The molecular formula is C34H57NO7. The van der Waals surface area contributed by atoms with Crippen LogP contribution in [-0.4, -0.2) is 48.5 Å². The quantitative estimate of drug-likeness (QED) is 0.0682. The van der Waals surface area contributed by atoms with Crippen LogP contribution in [0.15, 0.2) is 30.3 Å². The zero-order valence-corrected chi connectivity index (χ0v) is 26.5. The molecule has 8 nitrogen and oxygen atoms in total. The summed E-state index contributed by atoms with van der Waals surface area (Å²) in [5.74, 6) is -1.38. The average molecular weight is 592 g/mol. The molecule has 0 radical (unpaired) electrons. The molecular weight excluding hydrogens is 534 g/mol. The number of nitrogens with one attached hydrogen (secondary N) is 1. The highest BCUT2D eigenvalue weighted by molar-refractivity contribution is 5.81. The molecule has 0 saturated carbocycles. The topological polar surface area (TPSA) is 111 Å². The van der Waals surface area contributed by atoms with Gasteiger partial charge in [-0.15, -0.1) is 0 Å². The fourth-order valence-corrected chi connectivity index (χ4v) is 4.65. The summed E-state index contributed by atoms with van der Waals surface area (Å²) in [4.78, 5) is 37.1. The number of benzene rings is 1. The molecule has 0 fully saturated rings. The molecule has 1 amide bonds. The van der Waals surface area contributed by atoms with Crippen molar-refractivity contribution in [2.75, 3.05) is 13.2 Å². The maximum atomic E-state index is 12.7. The van der Waals surface area contributed by atoms with Crippen LogP contribution in [0.2, 0.25) is 0 Å². The van der Waals surface area contributed by atoms with Gasteiger partial charge in [0.2, 0.25) is 0 Å². The number of unbranched alkanes of at least 4 members (excludes halogenated alkanes) is 14. The molecule has 0 bridgehead atoms. The molecule has 240 valence electrons. The van der Waals surface area contributed by atoms with Crippen molar-refractivity contribution >= 4 is 18.0 Å². The number of hydrogen-bond acceptors (Lipinski definition) is 7. The van der Waals surface area contributed by atoms with E-state index in [0.29, 0.717) is 6.42 Å². The molecule has 0 heterocycles. The molecule has 0 aliphatic carbocycles. The summed E-state index contributed by atoms with van der Waals surface area (Å²) >= 11 is 0. The van der Waals surface area contributed by atoms with Crippen LogP contribution in [0.5, 0.6) is 0 Å². The van der Waals surface area contributed by atoms with E-state index in [1.54, 1.807) is 13.8 Å². The SMILES string of the molecule is CCCCCCCCCCCCCCCCCC(=O)OCC(CO)OC(=O)[C@@H](NC(=O)OCc1ccccc1)C(C)C. The molecule has 2 atom stereocenters. The molecule has 0 spiro atoms. The highest BCUT2D eigenvalue weighted by Gasteiger charge is 2.29. The normalized spacial score (nSPS) is 12.5. The lowest BCUT2D eigenvalue weighted by Gasteiger charge is -2.23. The lowest BCUT2D eigenvalue weighted by Crippen LogP contribution is -2.47. The van der Waals surface area contributed by atoms with Crippen LogP contribution in [0, 0.1) is 5.92 Å². The van der Waals surface area contributed by atoms with Crippen LogP contribution >= 0.6 is 0 Å². The third-order valence-corrected chi connectivity index (χ3v) is 7.31. The van der Waals surface area contributed by atoms with Crippen LogP contribution in [-0.2, 0) is 30.4 Å². The first-order chi connectivity index (χ1) is 20.4. The van der Waals surface area contributed by atoms with Gasteiger partial charge in [0.25, 0.3) is 0 Å². The predicted octanol–water partition coefficient (Wildman–Crippen LogP) is 7.65. The summed E-state index contributed by atoms with van der Waals surface area (Å²) < 4.78 is 15.8. The van der Waals surface area contributed by atoms with Crippen molar-refractivity contribution < 1.29 is 33.7 Å². The van der Waals surface area contributed by atoms with E-state index in [1.165, 1.54) is 77.0 Å². The van der Waals surface area contributed by atoms with Crippen LogP contribution in [0.3, 0.4) is 0 Å². The summed E-state index contributed by atoms with van der Waals surface area (Å²) in [6.45, 7) is 5.11. The second-order valence-corrected chi connectivity index (χ2v) is 11.6. The van der Waals surface area contributed by atoms with E-state index in [2.05, 4.69) is 12.2 Å². The van der Waals surface area contributed by atoms with Gasteiger partial charge in [0, 0.05) is 6.42 Å². The van der Waals surface area contributed by atoms with Crippen LogP contribution in [0.25, 0.3) is 0 Å². The van der Waals surface area contributed by atoms with E-state index in [4.69, 9.17) is 14.2 Å². The van der Waals surface area contributed by atoms with Gasteiger partial charge in [0.05, 0.1) is 6.61 Å². The van der Waals surface area contributed by atoms with E-state index in [9.17, 15) is 19.5 Å². The molecule has 8 heteroatoms. The van der Waals surface area contributed by atoms with Crippen LogP contribution in [0.4, 0.5) is 4.79 Å². The van der Waals surface area contributed by atoms with Crippen molar-refractivity contribution in [3.05, 3.63) is 35.9 Å². The minimum atomic E-state index is -1.01. The Bertz CT molecular complexity index is 830. The lowest BCUT2D eigenvalue weighted by atomic mass is 10.0. The smallest absolute Gasteiger partial charge is 0.408 e. The highest BCUT2D eigenvalue weighted by Crippen LogP contribution is 2.14. The number of esters is 2. The third-order valence-electron chi connectivity index (χ3n) is 7.31. The zero-order chi connectivity index (χ0) is 30.8. The Hall–Kier alpha value is -2.61. The molecule has 2 N–H and O–H groups in total. The molecule has 42 heavy (non-hydrogen) atoms. The Morgan fingerprint density at radius 1 is 0.762 bits per heavy atom. The van der Waals surface area contributed by atoms with Gasteiger partial charge in [-0.1, -0.05) is 141 Å². The summed E-state index contributed by atoms with van der Waals surface area (Å²) in [7, 11) is 0. The molecule has 0 aromatic heterocycles. The molecule has 1 aromatic rings. The number of carbonyl (C=O) groups excluding carboxylic acids is 3. The number of carbonyl (C=O) groups is 3. The molecule has 0 saturated heterocycles. The van der Waals surface area contributed by atoms with Crippen LogP contribution < -0.4 is 5.32 Å². The van der Waals surface area contributed by atoms with Gasteiger partial charge in [-0.25, -0.2) is 9.59 Å². The Labute approximate surface area is 254 Å². The Balaban J connectivity index is 2.14. The van der Waals surface area contributed by atoms with E-state index in [0.717, 1.165) is 24.8 Å². The minimum absolute atomic E-state index is 0.0705. The predicted molar refractivity (Wildman–Crippen MR) is 166 cm³/mol. The molecule has 0 aliphatic heterocycles. The second kappa shape index (κ2) is 24.9. The van der Waals surface area contributed by atoms with Gasteiger partial charge in [0.15, 0.2) is 6.10 Å². The molecule has 1 unspecified atom stereocenters. The maximum Gasteiger partial charge on any atom is 0.408 e. The first kappa shape index (κ1) is 37.4. The van der Waals surface area contributed by atoms with Crippen molar-refractivity contribution in [2.45, 2.75) is 142 Å². The van der Waals surface area contributed by atoms with Gasteiger partial charge in [-0.3, -0.25) is 4.79 Å². The Morgan fingerprint density at radius 2 is 1.29 bits per heavy atom. The summed E-state index contributed by atoms with van der Waals surface area (Å²) in [5, 5.41) is 12.2. The number of rotatable bonds is 25. The van der Waals surface area contributed by atoms with Gasteiger partial charge in [-0.05, 0) is 17.9 Å². The van der Waals surface area contributed by atoms with Crippen molar-refractivity contribution in [3.8, 4) is 0 Å². The van der Waals surface area contributed by atoms with Gasteiger partial charge >= 0.3 is 18.0 Å². The summed E-state index contributed by atoms with van der Waals surface area (Å²) in [6.07, 6.45) is 17.4. The molecule has 0 aliphatic rings.